The molecule has 3 amide bonds. The molecule has 0 saturated heterocycles. The number of benzene rings is 1. The molecule has 0 bridgehead atoms. The molecule has 1 fully saturated rings. The van der Waals surface area contributed by atoms with Gasteiger partial charge in [0.15, 0.2) is 0 Å². The standard InChI is InChI=1S/C23H29N3O4S/c1-3-24-23(28)26(16-7-8-16)14-22(27)25-11-9-21-19(10-12-31-21)20(25)15-30-18-6-4-5-17(13-18)29-2/h4-6,10,12-13,16,20H,3,7-9,11,14-15H2,1-2H3,(H,24,28). The van der Waals surface area contributed by atoms with Crippen LogP contribution in [0.5, 0.6) is 11.5 Å². The summed E-state index contributed by atoms with van der Waals surface area (Å²) >= 11 is 1.72. The van der Waals surface area contributed by atoms with Gasteiger partial charge in [-0.2, -0.15) is 0 Å². The van der Waals surface area contributed by atoms with Crippen molar-refractivity contribution in [2.45, 2.75) is 38.3 Å². The number of hydrogen-bond acceptors (Lipinski definition) is 5. The Hall–Kier alpha value is -2.74. The van der Waals surface area contributed by atoms with Crippen LogP contribution in [0.4, 0.5) is 4.79 Å². The van der Waals surface area contributed by atoms with E-state index in [9.17, 15) is 9.59 Å². The van der Waals surface area contributed by atoms with Crippen molar-refractivity contribution in [2.24, 2.45) is 0 Å². The van der Waals surface area contributed by atoms with E-state index in [1.54, 1.807) is 23.3 Å². The average molecular weight is 444 g/mol. The lowest BCUT2D eigenvalue weighted by Gasteiger charge is -2.37. The maximum atomic E-state index is 13.3. The molecule has 1 aromatic heterocycles. The van der Waals surface area contributed by atoms with E-state index < -0.39 is 0 Å². The second kappa shape index (κ2) is 9.60. The Bertz CT molecular complexity index is 927. The molecule has 1 atom stereocenters. The number of nitrogens with one attached hydrogen (secondary N) is 1. The smallest absolute Gasteiger partial charge is 0.318 e. The van der Waals surface area contributed by atoms with Gasteiger partial charge in [-0.3, -0.25) is 4.79 Å². The van der Waals surface area contributed by atoms with Gasteiger partial charge in [0.05, 0.1) is 13.2 Å². The van der Waals surface area contributed by atoms with E-state index in [0.29, 0.717) is 25.4 Å². The van der Waals surface area contributed by atoms with Crippen LogP contribution in [0.2, 0.25) is 0 Å². The molecule has 0 spiro atoms. The van der Waals surface area contributed by atoms with Gasteiger partial charge in [0, 0.05) is 30.1 Å². The lowest BCUT2D eigenvalue weighted by molar-refractivity contribution is -0.135. The van der Waals surface area contributed by atoms with Gasteiger partial charge in [-0.15, -0.1) is 11.3 Å². The number of urea groups is 1. The average Bonchev–Trinajstić information content (AvgIpc) is 3.51. The summed E-state index contributed by atoms with van der Waals surface area (Å²) in [5, 5.41) is 4.91. The third-order valence-corrected chi connectivity index (χ3v) is 6.74. The second-order valence-electron chi connectivity index (χ2n) is 7.84. The number of nitrogens with zero attached hydrogens (tertiary/aromatic N) is 2. The highest BCUT2D eigenvalue weighted by atomic mass is 32.1. The van der Waals surface area contributed by atoms with Crippen molar-refractivity contribution in [1.82, 2.24) is 15.1 Å². The Morgan fingerprint density at radius 2 is 2.06 bits per heavy atom. The molecule has 2 aromatic rings. The summed E-state index contributed by atoms with van der Waals surface area (Å²) in [6.07, 6.45) is 2.75. The monoisotopic (exact) mass is 443 g/mol. The summed E-state index contributed by atoms with van der Waals surface area (Å²) in [5.74, 6) is 1.40. The summed E-state index contributed by atoms with van der Waals surface area (Å²) in [5.41, 5.74) is 1.14. The largest absolute Gasteiger partial charge is 0.497 e. The van der Waals surface area contributed by atoms with E-state index in [0.717, 1.165) is 30.6 Å². The summed E-state index contributed by atoms with van der Waals surface area (Å²) in [7, 11) is 1.62. The van der Waals surface area contributed by atoms with E-state index in [1.165, 1.54) is 4.88 Å². The normalized spacial score (nSPS) is 17.6. The molecule has 8 heteroatoms. The van der Waals surface area contributed by atoms with Crippen molar-refractivity contribution in [1.29, 1.82) is 0 Å². The number of hydrogen-bond donors (Lipinski definition) is 1. The number of rotatable bonds is 8. The van der Waals surface area contributed by atoms with Crippen LogP contribution in [0.3, 0.4) is 0 Å². The summed E-state index contributed by atoms with van der Waals surface area (Å²) in [6, 6.07) is 9.40. The number of fused-ring (bicyclic) bond motifs is 1. The molecule has 7 nitrogen and oxygen atoms in total. The molecule has 1 unspecified atom stereocenters. The maximum Gasteiger partial charge on any atom is 0.318 e. The molecule has 1 N–H and O–H groups in total. The number of ether oxygens (including phenoxy) is 2. The predicted octanol–water partition coefficient (Wildman–Crippen LogP) is 3.46. The van der Waals surface area contributed by atoms with Crippen molar-refractivity contribution in [3.63, 3.8) is 0 Å². The number of thiophene rings is 1. The minimum Gasteiger partial charge on any atom is -0.497 e. The summed E-state index contributed by atoms with van der Waals surface area (Å²) in [6.45, 7) is 3.53. The second-order valence-corrected chi connectivity index (χ2v) is 8.84. The fourth-order valence-electron chi connectivity index (χ4n) is 3.98. The topological polar surface area (TPSA) is 71.1 Å². The zero-order chi connectivity index (χ0) is 21.8. The van der Waals surface area contributed by atoms with Crippen molar-refractivity contribution in [2.75, 3.05) is 33.4 Å². The highest BCUT2D eigenvalue weighted by Crippen LogP contribution is 2.35. The molecule has 1 aromatic carbocycles. The number of carbonyl (C=O) groups is 2. The van der Waals surface area contributed by atoms with Crippen molar-refractivity contribution in [3.05, 3.63) is 46.2 Å². The van der Waals surface area contributed by atoms with Gasteiger partial charge in [0.2, 0.25) is 5.91 Å². The highest BCUT2D eigenvalue weighted by Gasteiger charge is 2.37. The van der Waals surface area contributed by atoms with Gasteiger partial charge < -0.3 is 24.6 Å². The van der Waals surface area contributed by atoms with Gasteiger partial charge in [-0.1, -0.05) is 6.07 Å². The summed E-state index contributed by atoms with van der Waals surface area (Å²) in [4.78, 5) is 30.7. The Morgan fingerprint density at radius 1 is 1.26 bits per heavy atom. The molecular weight excluding hydrogens is 414 g/mol. The quantitative estimate of drug-likeness (QED) is 0.678. The summed E-state index contributed by atoms with van der Waals surface area (Å²) < 4.78 is 11.4. The first-order chi connectivity index (χ1) is 15.1. The Kier molecular flexibility index (Phi) is 6.65. The molecule has 1 saturated carbocycles. The van der Waals surface area contributed by atoms with E-state index in [4.69, 9.17) is 9.47 Å². The third kappa shape index (κ3) is 4.95. The van der Waals surface area contributed by atoms with Crippen LogP contribution in [0, 0.1) is 0 Å². The first-order valence-corrected chi connectivity index (χ1v) is 11.7. The number of amides is 3. The molecule has 31 heavy (non-hydrogen) atoms. The zero-order valence-corrected chi connectivity index (χ0v) is 18.8. The lowest BCUT2D eigenvalue weighted by Crippen LogP contribution is -2.50. The van der Waals surface area contributed by atoms with E-state index >= 15 is 0 Å². The van der Waals surface area contributed by atoms with Crippen LogP contribution in [-0.2, 0) is 11.2 Å². The van der Waals surface area contributed by atoms with Gasteiger partial charge >= 0.3 is 6.03 Å². The molecule has 2 heterocycles. The molecule has 1 aliphatic heterocycles. The lowest BCUT2D eigenvalue weighted by atomic mass is 10.0. The van der Waals surface area contributed by atoms with E-state index in [-0.39, 0.29) is 30.6 Å². The van der Waals surface area contributed by atoms with Crippen molar-refractivity contribution >= 4 is 23.3 Å². The van der Waals surface area contributed by atoms with E-state index in [1.807, 2.05) is 36.1 Å². The van der Waals surface area contributed by atoms with Gasteiger partial charge in [-0.05, 0) is 55.3 Å². The minimum atomic E-state index is -0.177. The fraction of sp³-hybridized carbons (Fsp3) is 0.478. The Balaban J connectivity index is 1.49. The van der Waals surface area contributed by atoms with Crippen molar-refractivity contribution in [3.8, 4) is 11.5 Å². The predicted molar refractivity (Wildman–Crippen MR) is 120 cm³/mol. The number of carbonyl (C=O) groups excluding carboxylic acids is 2. The first kappa shape index (κ1) is 21.5. The van der Waals surface area contributed by atoms with Crippen LogP contribution in [0.15, 0.2) is 35.7 Å². The minimum absolute atomic E-state index is 0.0331. The number of methoxy groups -OCH3 is 1. The van der Waals surface area contributed by atoms with Crippen LogP contribution in [0.25, 0.3) is 0 Å². The molecule has 4 rings (SSSR count). The van der Waals surface area contributed by atoms with Crippen molar-refractivity contribution < 1.29 is 19.1 Å². The van der Waals surface area contributed by atoms with Gasteiger partial charge in [-0.25, -0.2) is 4.79 Å². The van der Waals surface area contributed by atoms with Gasteiger partial charge in [0.25, 0.3) is 0 Å². The van der Waals surface area contributed by atoms with Gasteiger partial charge in [0.1, 0.15) is 24.7 Å². The zero-order valence-electron chi connectivity index (χ0n) is 18.0. The Labute approximate surface area is 186 Å². The van der Waals surface area contributed by atoms with E-state index in [2.05, 4.69) is 16.8 Å². The van der Waals surface area contributed by atoms with Crippen LogP contribution in [-0.4, -0.2) is 61.1 Å². The SMILES string of the molecule is CCNC(=O)N(CC(=O)N1CCc2sccc2C1COc1cccc(OC)c1)C1CC1. The fourth-order valence-corrected chi connectivity index (χ4v) is 4.91. The van der Waals surface area contributed by atoms with Crippen LogP contribution in [0.1, 0.15) is 36.2 Å². The highest BCUT2D eigenvalue weighted by molar-refractivity contribution is 7.10. The molecular formula is C23H29N3O4S. The molecule has 0 radical (unpaired) electrons. The first-order valence-electron chi connectivity index (χ1n) is 10.8. The van der Waals surface area contributed by atoms with Crippen LogP contribution >= 0.6 is 11.3 Å². The molecule has 1 aliphatic carbocycles. The van der Waals surface area contributed by atoms with Crippen LogP contribution < -0.4 is 14.8 Å². The Morgan fingerprint density at radius 3 is 2.81 bits per heavy atom. The third-order valence-electron chi connectivity index (χ3n) is 5.75. The molecule has 2 aliphatic rings. The maximum absolute atomic E-state index is 13.3. The molecule has 166 valence electrons.